The normalized spacial score (nSPS) is 10.0. The first-order valence-corrected chi connectivity index (χ1v) is 5.86. The third-order valence-corrected chi connectivity index (χ3v) is 2.43. The number of hydrogen-bond acceptors (Lipinski definition) is 4. The maximum absolute atomic E-state index is 13.5. The maximum atomic E-state index is 13.5. The molecule has 2 aromatic rings. The molecule has 1 aromatic carbocycles. The Morgan fingerprint density at radius 1 is 1.32 bits per heavy atom. The van der Waals surface area contributed by atoms with Crippen molar-refractivity contribution in [1.82, 2.24) is 4.98 Å². The van der Waals surface area contributed by atoms with E-state index in [9.17, 15) is 9.18 Å². The molecule has 0 aliphatic heterocycles. The van der Waals surface area contributed by atoms with Gasteiger partial charge >= 0.3 is 5.97 Å². The minimum atomic E-state index is -0.491. The monoisotopic (exact) mass is 260 g/mol. The second-order valence-electron chi connectivity index (χ2n) is 3.72. The molecule has 0 unspecified atom stereocenters. The summed E-state index contributed by atoms with van der Waals surface area (Å²) in [5.41, 5.74) is 0.527. The van der Waals surface area contributed by atoms with Crippen LogP contribution in [-0.2, 0) is 4.74 Å². The number of nitrogens with zero attached hydrogens (tertiary/aromatic N) is 1. The van der Waals surface area contributed by atoms with E-state index in [1.165, 1.54) is 12.3 Å². The van der Waals surface area contributed by atoms with E-state index in [0.717, 1.165) is 0 Å². The Labute approximate surface area is 110 Å². The standard InChI is InChI=1S/C14H13FN2O2/c1-2-19-14(18)10-6-5-9-16-13(10)17-12-8-4-3-7-11(12)15/h3-9H,2H2,1H3,(H,16,17). The van der Waals surface area contributed by atoms with Gasteiger partial charge in [0.2, 0.25) is 0 Å². The van der Waals surface area contributed by atoms with Crippen LogP contribution in [0.1, 0.15) is 17.3 Å². The first kappa shape index (κ1) is 13.0. The summed E-state index contributed by atoms with van der Waals surface area (Å²) in [5.74, 6) is -0.636. The van der Waals surface area contributed by atoms with Gasteiger partial charge in [0.25, 0.3) is 0 Å². The molecule has 0 saturated carbocycles. The molecule has 0 aliphatic rings. The number of pyridine rings is 1. The molecule has 0 fully saturated rings. The molecule has 5 heteroatoms. The van der Waals surface area contributed by atoms with E-state index >= 15 is 0 Å². The van der Waals surface area contributed by atoms with Gasteiger partial charge < -0.3 is 10.1 Å². The predicted molar refractivity (Wildman–Crippen MR) is 69.9 cm³/mol. The van der Waals surface area contributed by atoms with Gasteiger partial charge in [0, 0.05) is 6.20 Å². The average Bonchev–Trinajstić information content (AvgIpc) is 2.42. The van der Waals surface area contributed by atoms with E-state index < -0.39 is 11.8 Å². The van der Waals surface area contributed by atoms with Crippen LogP contribution >= 0.6 is 0 Å². The van der Waals surface area contributed by atoms with Gasteiger partial charge in [0.05, 0.1) is 12.3 Å². The molecule has 0 aliphatic carbocycles. The highest BCUT2D eigenvalue weighted by atomic mass is 19.1. The van der Waals surface area contributed by atoms with E-state index in [1.54, 1.807) is 37.3 Å². The van der Waals surface area contributed by atoms with Gasteiger partial charge in [-0.3, -0.25) is 0 Å². The number of aromatic nitrogens is 1. The van der Waals surface area contributed by atoms with Gasteiger partial charge in [0.15, 0.2) is 0 Å². The predicted octanol–water partition coefficient (Wildman–Crippen LogP) is 3.14. The molecule has 19 heavy (non-hydrogen) atoms. The number of rotatable bonds is 4. The number of para-hydroxylation sites is 1. The Morgan fingerprint density at radius 3 is 2.84 bits per heavy atom. The molecule has 0 amide bonds. The molecular weight excluding hydrogens is 247 g/mol. The third kappa shape index (κ3) is 3.07. The molecule has 0 spiro atoms. The topological polar surface area (TPSA) is 51.2 Å². The van der Waals surface area contributed by atoms with Crippen LogP contribution in [0.5, 0.6) is 0 Å². The fraction of sp³-hybridized carbons (Fsp3) is 0.143. The highest BCUT2D eigenvalue weighted by Crippen LogP contribution is 2.21. The van der Waals surface area contributed by atoms with Gasteiger partial charge in [-0.2, -0.15) is 0 Å². The fourth-order valence-corrected chi connectivity index (χ4v) is 1.57. The molecule has 1 N–H and O–H groups in total. The number of nitrogens with one attached hydrogen (secondary N) is 1. The van der Waals surface area contributed by atoms with Crippen molar-refractivity contribution in [2.24, 2.45) is 0 Å². The molecule has 0 atom stereocenters. The lowest BCUT2D eigenvalue weighted by molar-refractivity contribution is 0.0527. The van der Waals surface area contributed by atoms with Crippen molar-refractivity contribution in [3.8, 4) is 0 Å². The molecular formula is C14H13FN2O2. The van der Waals surface area contributed by atoms with Crippen LogP contribution in [0, 0.1) is 5.82 Å². The summed E-state index contributed by atoms with van der Waals surface area (Å²) >= 11 is 0. The van der Waals surface area contributed by atoms with Crippen LogP contribution in [-0.4, -0.2) is 17.6 Å². The van der Waals surface area contributed by atoms with Crippen molar-refractivity contribution in [3.63, 3.8) is 0 Å². The summed E-state index contributed by atoms with van der Waals surface area (Å²) in [6, 6.07) is 9.38. The summed E-state index contributed by atoms with van der Waals surface area (Å²) in [4.78, 5) is 15.8. The van der Waals surface area contributed by atoms with Gasteiger partial charge in [-0.05, 0) is 31.2 Å². The number of carbonyl (C=O) groups excluding carboxylic acids is 1. The van der Waals surface area contributed by atoms with Crippen LogP contribution in [0.15, 0.2) is 42.6 Å². The van der Waals surface area contributed by atoms with Crippen LogP contribution in [0.25, 0.3) is 0 Å². The molecule has 4 nitrogen and oxygen atoms in total. The van der Waals surface area contributed by atoms with E-state index in [4.69, 9.17) is 4.74 Å². The number of carbonyl (C=O) groups is 1. The Morgan fingerprint density at radius 2 is 2.11 bits per heavy atom. The maximum Gasteiger partial charge on any atom is 0.341 e. The zero-order chi connectivity index (χ0) is 13.7. The van der Waals surface area contributed by atoms with Gasteiger partial charge in [-0.15, -0.1) is 0 Å². The van der Waals surface area contributed by atoms with E-state index in [2.05, 4.69) is 10.3 Å². The Bertz CT molecular complexity index is 587. The fourth-order valence-electron chi connectivity index (χ4n) is 1.57. The number of hydrogen-bond donors (Lipinski definition) is 1. The van der Waals surface area contributed by atoms with Gasteiger partial charge in [-0.1, -0.05) is 12.1 Å². The number of anilines is 2. The second-order valence-corrected chi connectivity index (χ2v) is 3.72. The highest BCUT2D eigenvalue weighted by molar-refractivity contribution is 5.95. The summed E-state index contributed by atoms with van der Waals surface area (Å²) in [6.07, 6.45) is 1.52. The summed E-state index contributed by atoms with van der Waals surface area (Å²) in [6.45, 7) is 1.99. The van der Waals surface area contributed by atoms with Crippen molar-refractivity contribution >= 4 is 17.5 Å². The van der Waals surface area contributed by atoms with Crippen LogP contribution in [0.4, 0.5) is 15.9 Å². The van der Waals surface area contributed by atoms with Crippen molar-refractivity contribution in [2.75, 3.05) is 11.9 Å². The van der Waals surface area contributed by atoms with E-state index in [-0.39, 0.29) is 23.7 Å². The molecule has 2 rings (SSSR count). The molecule has 1 aromatic heterocycles. The van der Waals surface area contributed by atoms with Crippen molar-refractivity contribution in [1.29, 1.82) is 0 Å². The zero-order valence-corrected chi connectivity index (χ0v) is 10.4. The summed E-state index contributed by atoms with van der Waals surface area (Å²) in [7, 11) is 0. The Hall–Kier alpha value is -2.43. The summed E-state index contributed by atoms with van der Waals surface area (Å²) < 4.78 is 18.5. The number of esters is 1. The smallest absolute Gasteiger partial charge is 0.341 e. The Balaban J connectivity index is 2.30. The molecule has 98 valence electrons. The second kappa shape index (κ2) is 5.95. The molecule has 1 heterocycles. The minimum Gasteiger partial charge on any atom is -0.462 e. The average molecular weight is 260 g/mol. The van der Waals surface area contributed by atoms with Crippen molar-refractivity contribution < 1.29 is 13.9 Å². The summed E-state index contributed by atoms with van der Waals surface area (Å²) in [5, 5.41) is 2.79. The lowest BCUT2D eigenvalue weighted by Crippen LogP contribution is -2.09. The molecule has 0 bridgehead atoms. The SMILES string of the molecule is CCOC(=O)c1cccnc1Nc1ccccc1F. The molecule has 0 saturated heterocycles. The van der Waals surface area contributed by atoms with Crippen LogP contribution in [0.3, 0.4) is 0 Å². The number of benzene rings is 1. The first-order chi connectivity index (χ1) is 9.22. The quantitative estimate of drug-likeness (QED) is 0.858. The third-order valence-electron chi connectivity index (χ3n) is 2.43. The minimum absolute atomic E-state index is 0.256. The molecule has 0 radical (unpaired) electrons. The van der Waals surface area contributed by atoms with Crippen molar-refractivity contribution in [3.05, 3.63) is 54.0 Å². The zero-order valence-electron chi connectivity index (χ0n) is 10.4. The number of halogens is 1. The van der Waals surface area contributed by atoms with E-state index in [0.29, 0.717) is 0 Å². The highest BCUT2D eigenvalue weighted by Gasteiger charge is 2.14. The van der Waals surface area contributed by atoms with Crippen LogP contribution in [0.2, 0.25) is 0 Å². The first-order valence-electron chi connectivity index (χ1n) is 5.86. The Kier molecular flexibility index (Phi) is 4.07. The van der Waals surface area contributed by atoms with Gasteiger partial charge in [0.1, 0.15) is 17.2 Å². The number of ether oxygens (including phenoxy) is 1. The van der Waals surface area contributed by atoms with Crippen LogP contribution < -0.4 is 5.32 Å². The lowest BCUT2D eigenvalue weighted by Gasteiger charge is -2.10. The van der Waals surface area contributed by atoms with Gasteiger partial charge in [-0.25, -0.2) is 14.2 Å². The van der Waals surface area contributed by atoms with Crippen molar-refractivity contribution in [2.45, 2.75) is 6.92 Å². The lowest BCUT2D eigenvalue weighted by atomic mass is 10.2. The van der Waals surface area contributed by atoms with E-state index in [1.807, 2.05) is 0 Å². The largest absolute Gasteiger partial charge is 0.462 e.